The summed E-state index contributed by atoms with van der Waals surface area (Å²) >= 11 is 3.59. The van der Waals surface area contributed by atoms with Crippen molar-refractivity contribution in [3.8, 4) is 0 Å². The number of hydrogen-bond donors (Lipinski definition) is 1. The van der Waals surface area contributed by atoms with Crippen molar-refractivity contribution < 1.29 is 9.59 Å². The van der Waals surface area contributed by atoms with E-state index in [1.807, 2.05) is 22.7 Å². The number of amides is 2. The van der Waals surface area contributed by atoms with E-state index in [9.17, 15) is 9.59 Å². The molecule has 2 amide bonds. The van der Waals surface area contributed by atoms with Gasteiger partial charge in [-0.15, -0.1) is 23.1 Å². The van der Waals surface area contributed by atoms with Gasteiger partial charge in [-0.25, -0.2) is 4.98 Å². The Morgan fingerprint density at radius 3 is 3.08 bits per heavy atom. The molecule has 0 saturated carbocycles. The molecule has 1 N–H and O–H groups in total. The molecule has 1 fully saturated rings. The van der Waals surface area contributed by atoms with Crippen LogP contribution in [0.5, 0.6) is 0 Å². The van der Waals surface area contributed by atoms with Gasteiger partial charge in [-0.2, -0.15) is 0 Å². The zero-order chi connectivity index (χ0) is 17.2. The first-order valence-corrected chi connectivity index (χ1v) is 9.89. The fourth-order valence-electron chi connectivity index (χ4n) is 2.83. The third kappa shape index (κ3) is 3.77. The number of hydrogen-bond acceptors (Lipinski definition) is 5. The monoisotopic (exact) mass is 371 g/mol. The van der Waals surface area contributed by atoms with Crippen LogP contribution in [0.25, 0.3) is 6.08 Å². The lowest BCUT2D eigenvalue weighted by atomic mass is 10.0. The summed E-state index contributed by atoms with van der Waals surface area (Å²) in [5.74, 6) is 0.677. The van der Waals surface area contributed by atoms with Crippen LogP contribution in [0.3, 0.4) is 0 Å². The normalized spacial score (nSPS) is 17.3. The van der Waals surface area contributed by atoms with Crippen LogP contribution < -0.4 is 5.32 Å². The highest BCUT2D eigenvalue weighted by Gasteiger charge is 2.30. The molecule has 0 radical (unpaired) electrons. The number of nitrogens with zero attached hydrogens (tertiary/aromatic N) is 2. The number of nitrogens with one attached hydrogen (secondary N) is 1. The summed E-state index contributed by atoms with van der Waals surface area (Å²) < 4.78 is 1.31. The zero-order valence-electron chi connectivity index (χ0n) is 13.5. The maximum absolute atomic E-state index is 12.2. The van der Waals surface area contributed by atoms with Gasteiger partial charge in [-0.3, -0.25) is 9.59 Å². The first kappa shape index (κ1) is 16.4. The molecule has 0 spiro atoms. The number of fused-ring (bicyclic) bond motifs is 1. The van der Waals surface area contributed by atoms with Crippen molar-refractivity contribution in [2.45, 2.75) is 22.3 Å². The Morgan fingerprint density at radius 1 is 1.40 bits per heavy atom. The zero-order valence-corrected chi connectivity index (χ0v) is 15.1. The Balaban J connectivity index is 1.32. The molecule has 128 valence electrons. The van der Waals surface area contributed by atoms with Gasteiger partial charge in [0.25, 0.3) is 0 Å². The average molecular weight is 371 g/mol. The van der Waals surface area contributed by atoms with Crippen LogP contribution in [0.15, 0.2) is 40.1 Å². The molecule has 4 rings (SSSR count). The lowest BCUT2D eigenvalue weighted by molar-refractivity contribution is -0.128. The van der Waals surface area contributed by atoms with Crippen LogP contribution in [0.2, 0.25) is 0 Å². The molecule has 0 atom stereocenters. The van der Waals surface area contributed by atoms with Gasteiger partial charge in [-0.1, -0.05) is 6.07 Å². The summed E-state index contributed by atoms with van der Waals surface area (Å²) in [5.41, 5.74) is 1.90. The third-order valence-electron chi connectivity index (χ3n) is 4.22. The number of carbonyl (C=O) groups excluding carboxylic acids is 2. The lowest BCUT2D eigenvalue weighted by Gasteiger charge is -2.37. The van der Waals surface area contributed by atoms with Gasteiger partial charge in [0.05, 0.1) is 4.21 Å². The highest BCUT2D eigenvalue weighted by molar-refractivity contribution is 8.01. The molecule has 0 bridgehead atoms. The molecular weight excluding hydrogens is 354 g/mol. The van der Waals surface area contributed by atoms with Crippen LogP contribution in [0.1, 0.15) is 17.5 Å². The first-order valence-electron chi connectivity index (χ1n) is 8.13. The van der Waals surface area contributed by atoms with E-state index in [0.29, 0.717) is 23.9 Å². The second kappa shape index (κ2) is 7.01. The summed E-state index contributed by atoms with van der Waals surface area (Å²) in [6.07, 6.45) is 6.26. The van der Waals surface area contributed by atoms with E-state index in [1.54, 1.807) is 29.7 Å². The predicted octanol–water partition coefficient (Wildman–Crippen LogP) is 3.04. The Hall–Kier alpha value is -2.12. The van der Waals surface area contributed by atoms with E-state index in [1.165, 1.54) is 4.21 Å². The van der Waals surface area contributed by atoms with Gasteiger partial charge in [0, 0.05) is 37.0 Å². The molecule has 0 aromatic carbocycles. The van der Waals surface area contributed by atoms with Crippen LogP contribution in [-0.2, 0) is 16.0 Å². The number of carbonyl (C=O) groups is 2. The number of rotatable bonds is 4. The standard InChI is InChI=1S/C18H17N3O2S2/c22-15-5-4-13-8-12(9-19-18(13)20-15)3-6-16(23)21-10-14(11-21)25-17-2-1-7-24-17/h1-3,6-9,14H,4-5,10-11H2,(H,19,20,22). The number of aryl methyl sites for hydroxylation is 1. The second-order valence-corrected chi connectivity index (χ2v) is 8.62. The van der Waals surface area contributed by atoms with Gasteiger partial charge in [0.1, 0.15) is 5.82 Å². The summed E-state index contributed by atoms with van der Waals surface area (Å²) in [5, 5.41) is 5.33. The number of aromatic nitrogens is 1. The molecule has 0 aliphatic carbocycles. The summed E-state index contributed by atoms with van der Waals surface area (Å²) in [6.45, 7) is 1.58. The predicted molar refractivity (Wildman–Crippen MR) is 101 cm³/mol. The molecule has 2 aliphatic heterocycles. The maximum atomic E-state index is 12.2. The summed E-state index contributed by atoms with van der Waals surface area (Å²) in [6, 6.07) is 6.15. The quantitative estimate of drug-likeness (QED) is 0.839. The molecule has 2 aliphatic rings. The van der Waals surface area contributed by atoms with Crippen LogP contribution in [-0.4, -0.2) is 40.0 Å². The number of thiophene rings is 1. The number of likely N-dealkylation sites (tertiary alicyclic amines) is 1. The molecule has 25 heavy (non-hydrogen) atoms. The van der Waals surface area contributed by atoms with E-state index in [-0.39, 0.29) is 11.8 Å². The lowest BCUT2D eigenvalue weighted by Crippen LogP contribution is -2.51. The molecule has 7 heteroatoms. The van der Waals surface area contributed by atoms with Gasteiger partial charge < -0.3 is 10.2 Å². The van der Waals surface area contributed by atoms with Crippen molar-refractivity contribution in [2.75, 3.05) is 18.4 Å². The van der Waals surface area contributed by atoms with Gasteiger partial charge >= 0.3 is 0 Å². The first-order chi connectivity index (χ1) is 12.2. The number of anilines is 1. The van der Waals surface area contributed by atoms with Crippen molar-refractivity contribution >= 4 is 46.8 Å². The summed E-state index contributed by atoms with van der Waals surface area (Å²) in [4.78, 5) is 29.7. The highest BCUT2D eigenvalue weighted by Crippen LogP contribution is 2.32. The van der Waals surface area contributed by atoms with Crippen molar-refractivity contribution in [1.29, 1.82) is 0 Å². The van der Waals surface area contributed by atoms with Gasteiger partial charge in [-0.05, 0) is 41.1 Å². The van der Waals surface area contributed by atoms with E-state index >= 15 is 0 Å². The van der Waals surface area contributed by atoms with E-state index in [2.05, 4.69) is 27.8 Å². The topological polar surface area (TPSA) is 62.3 Å². The van der Waals surface area contributed by atoms with Crippen molar-refractivity contribution in [3.63, 3.8) is 0 Å². The average Bonchev–Trinajstić information content (AvgIpc) is 3.08. The SMILES string of the molecule is O=C1CCc2cc(C=CC(=O)N3CC(Sc4cccs4)C3)cnc2N1. The Morgan fingerprint density at radius 2 is 2.28 bits per heavy atom. The van der Waals surface area contributed by atoms with E-state index < -0.39 is 0 Å². The van der Waals surface area contributed by atoms with E-state index in [0.717, 1.165) is 24.2 Å². The van der Waals surface area contributed by atoms with Crippen LogP contribution >= 0.6 is 23.1 Å². The number of pyridine rings is 1. The second-order valence-electron chi connectivity index (χ2n) is 6.07. The fourth-order valence-corrected chi connectivity index (χ4v) is 5.07. The molecular formula is C18H17N3O2S2. The van der Waals surface area contributed by atoms with Crippen molar-refractivity contribution in [3.05, 3.63) is 47.0 Å². The Kier molecular flexibility index (Phi) is 4.59. The van der Waals surface area contributed by atoms with Crippen molar-refractivity contribution in [1.82, 2.24) is 9.88 Å². The largest absolute Gasteiger partial charge is 0.337 e. The molecule has 0 unspecified atom stereocenters. The van der Waals surface area contributed by atoms with E-state index in [4.69, 9.17) is 0 Å². The van der Waals surface area contributed by atoms with Gasteiger partial charge in [0.15, 0.2) is 0 Å². The third-order valence-corrected chi connectivity index (χ3v) is 6.46. The minimum Gasteiger partial charge on any atom is -0.337 e. The molecule has 5 nitrogen and oxygen atoms in total. The number of thioether (sulfide) groups is 1. The maximum Gasteiger partial charge on any atom is 0.246 e. The molecule has 1 saturated heterocycles. The summed E-state index contributed by atoms with van der Waals surface area (Å²) in [7, 11) is 0. The minimum absolute atomic E-state index is 0.00576. The Labute approximate surface area is 154 Å². The highest BCUT2D eigenvalue weighted by atomic mass is 32.2. The molecule has 4 heterocycles. The molecule has 2 aromatic rings. The Bertz CT molecular complexity index is 827. The smallest absolute Gasteiger partial charge is 0.246 e. The van der Waals surface area contributed by atoms with Gasteiger partial charge in [0.2, 0.25) is 11.8 Å². The minimum atomic E-state index is 0.00576. The van der Waals surface area contributed by atoms with Crippen LogP contribution in [0, 0.1) is 0 Å². The van der Waals surface area contributed by atoms with Crippen molar-refractivity contribution in [2.24, 2.45) is 0 Å². The molecule has 2 aromatic heterocycles. The fraction of sp³-hybridized carbons (Fsp3) is 0.278. The van der Waals surface area contributed by atoms with Crippen LogP contribution in [0.4, 0.5) is 5.82 Å².